The number of aliphatic hydroxyl groups excluding tert-OH is 2. The Hall–Kier alpha value is -0.120. The van der Waals surface area contributed by atoms with E-state index < -0.39 is 0 Å². The zero-order valence-corrected chi connectivity index (χ0v) is 6.75. The minimum atomic E-state index is -0.290. The summed E-state index contributed by atoms with van der Waals surface area (Å²) in [7, 11) is 3.84. The molecule has 0 amide bonds. The van der Waals surface area contributed by atoms with Crippen LogP contribution in [0.2, 0.25) is 0 Å². The number of rotatable bonds is 5. The summed E-state index contributed by atoms with van der Waals surface area (Å²) in [5.41, 5.74) is 0. The summed E-state index contributed by atoms with van der Waals surface area (Å²) in [5.74, 6) is 0. The molecule has 2 N–H and O–H groups in total. The van der Waals surface area contributed by atoms with Crippen LogP contribution in [0.5, 0.6) is 0 Å². The second kappa shape index (κ2) is 5.65. The Bertz CT molecular complexity index is 76.0. The topological polar surface area (TPSA) is 43.7 Å². The monoisotopic (exact) mass is 147 g/mol. The average molecular weight is 147 g/mol. The Morgan fingerprint density at radius 1 is 1.40 bits per heavy atom. The normalized spacial score (nSPS) is 14.1. The van der Waals surface area contributed by atoms with Crippen molar-refractivity contribution in [2.24, 2.45) is 0 Å². The predicted molar refractivity (Wildman–Crippen MR) is 40.9 cm³/mol. The third-order valence-corrected chi connectivity index (χ3v) is 1.27. The first-order valence-electron chi connectivity index (χ1n) is 3.60. The van der Waals surface area contributed by atoms with E-state index in [1.165, 1.54) is 0 Å². The molecule has 3 heteroatoms. The Kier molecular flexibility index (Phi) is 5.58. The van der Waals surface area contributed by atoms with Gasteiger partial charge < -0.3 is 15.1 Å². The first-order valence-corrected chi connectivity index (χ1v) is 3.60. The van der Waals surface area contributed by atoms with Crippen molar-refractivity contribution in [3.05, 3.63) is 0 Å². The van der Waals surface area contributed by atoms with Gasteiger partial charge in [0.25, 0.3) is 0 Å². The van der Waals surface area contributed by atoms with Crippen LogP contribution in [0.3, 0.4) is 0 Å². The van der Waals surface area contributed by atoms with Gasteiger partial charge in [0, 0.05) is 13.2 Å². The molecule has 0 fully saturated rings. The predicted octanol–water partition coefficient (Wildman–Crippen LogP) is -0.319. The van der Waals surface area contributed by atoms with Crippen LogP contribution in [-0.4, -0.2) is 48.5 Å². The third kappa shape index (κ3) is 6.01. The molecule has 0 aliphatic carbocycles. The summed E-state index contributed by atoms with van der Waals surface area (Å²) >= 11 is 0. The van der Waals surface area contributed by atoms with E-state index in [1.54, 1.807) is 0 Å². The highest BCUT2D eigenvalue weighted by Gasteiger charge is 2.03. The standard InChI is InChI=1S/C7H17NO2/c1-8(2)6-7(10)4-3-5-9/h7,9-10H,3-6H2,1-2H3. The van der Waals surface area contributed by atoms with Crippen LogP contribution in [-0.2, 0) is 0 Å². The number of aliphatic hydroxyl groups is 2. The molecular weight excluding hydrogens is 130 g/mol. The van der Waals surface area contributed by atoms with Gasteiger partial charge in [-0.15, -0.1) is 0 Å². The molecule has 0 saturated carbocycles. The molecule has 0 rings (SSSR count). The molecule has 1 unspecified atom stereocenters. The molecule has 0 radical (unpaired) electrons. The molecule has 10 heavy (non-hydrogen) atoms. The van der Waals surface area contributed by atoms with Crippen molar-refractivity contribution >= 4 is 0 Å². The van der Waals surface area contributed by atoms with E-state index in [1.807, 2.05) is 19.0 Å². The van der Waals surface area contributed by atoms with E-state index in [2.05, 4.69) is 0 Å². The summed E-state index contributed by atoms with van der Waals surface area (Å²) in [6, 6.07) is 0. The van der Waals surface area contributed by atoms with E-state index >= 15 is 0 Å². The Morgan fingerprint density at radius 3 is 2.40 bits per heavy atom. The van der Waals surface area contributed by atoms with Gasteiger partial charge in [0.1, 0.15) is 0 Å². The highest BCUT2D eigenvalue weighted by Crippen LogP contribution is 1.96. The van der Waals surface area contributed by atoms with E-state index in [-0.39, 0.29) is 12.7 Å². The molecule has 0 aromatic rings. The third-order valence-electron chi connectivity index (χ3n) is 1.27. The summed E-state index contributed by atoms with van der Waals surface area (Å²) in [5, 5.41) is 17.6. The second-order valence-electron chi connectivity index (χ2n) is 2.78. The van der Waals surface area contributed by atoms with Crippen LogP contribution >= 0.6 is 0 Å². The first kappa shape index (κ1) is 9.88. The van der Waals surface area contributed by atoms with Crippen LogP contribution < -0.4 is 0 Å². The van der Waals surface area contributed by atoms with Crippen LogP contribution in [0.1, 0.15) is 12.8 Å². The van der Waals surface area contributed by atoms with Crippen molar-refractivity contribution in [2.75, 3.05) is 27.2 Å². The highest BCUT2D eigenvalue weighted by molar-refractivity contribution is 4.57. The molecular formula is C7H17NO2. The van der Waals surface area contributed by atoms with Crippen LogP contribution in [0.15, 0.2) is 0 Å². The Morgan fingerprint density at radius 2 is 2.00 bits per heavy atom. The van der Waals surface area contributed by atoms with Gasteiger partial charge in [-0.05, 0) is 26.9 Å². The van der Waals surface area contributed by atoms with Gasteiger partial charge in [-0.25, -0.2) is 0 Å². The molecule has 0 aliphatic heterocycles. The fourth-order valence-corrected chi connectivity index (χ4v) is 0.840. The maximum Gasteiger partial charge on any atom is 0.0667 e. The number of nitrogens with zero attached hydrogens (tertiary/aromatic N) is 1. The van der Waals surface area contributed by atoms with Gasteiger partial charge in [0.2, 0.25) is 0 Å². The fourth-order valence-electron chi connectivity index (χ4n) is 0.840. The van der Waals surface area contributed by atoms with Crippen molar-refractivity contribution < 1.29 is 10.2 Å². The number of likely N-dealkylation sites (N-methyl/N-ethyl adjacent to an activating group) is 1. The SMILES string of the molecule is CN(C)CC(O)CCCO. The zero-order valence-electron chi connectivity index (χ0n) is 6.75. The Balaban J connectivity index is 3.16. The van der Waals surface area contributed by atoms with Crippen molar-refractivity contribution in [2.45, 2.75) is 18.9 Å². The van der Waals surface area contributed by atoms with Crippen LogP contribution in [0.25, 0.3) is 0 Å². The fraction of sp³-hybridized carbons (Fsp3) is 1.00. The lowest BCUT2D eigenvalue weighted by Gasteiger charge is -2.14. The van der Waals surface area contributed by atoms with Crippen molar-refractivity contribution in [3.63, 3.8) is 0 Å². The minimum absolute atomic E-state index is 0.171. The molecule has 0 spiro atoms. The lowest BCUT2D eigenvalue weighted by Crippen LogP contribution is -2.25. The molecule has 0 aromatic carbocycles. The van der Waals surface area contributed by atoms with Gasteiger partial charge in [-0.1, -0.05) is 0 Å². The number of hydrogen-bond donors (Lipinski definition) is 2. The Labute approximate surface area is 62.3 Å². The number of hydrogen-bond acceptors (Lipinski definition) is 3. The lowest BCUT2D eigenvalue weighted by atomic mass is 10.2. The van der Waals surface area contributed by atoms with E-state index in [9.17, 15) is 5.11 Å². The van der Waals surface area contributed by atoms with Gasteiger partial charge in [0.15, 0.2) is 0 Å². The van der Waals surface area contributed by atoms with Gasteiger partial charge >= 0.3 is 0 Å². The van der Waals surface area contributed by atoms with E-state index in [0.29, 0.717) is 19.4 Å². The largest absolute Gasteiger partial charge is 0.396 e. The minimum Gasteiger partial charge on any atom is -0.396 e. The van der Waals surface area contributed by atoms with Crippen LogP contribution in [0.4, 0.5) is 0 Å². The van der Waals surface area contributed by atoms with Gasteiger partial charge in [0.05, 0.1) is 6.10 Å². The van der Waals surface area contributed by atoms with Crippen molar-refractivity contribution in [1.82, 2.24) is 4.90 Å². The molecule has 3 nitrogen and oxygen atoms in total. The maximum absolute atomic E-state index is 9.20. The summed E-state index contributed by atoms with van der Waals surface area (Å²) in [4.78, 5) is 1.93. The van der Waals surface area contributed by atoms with Crippen molar-refractivity contribution in [3.8, 4) is 0 Å². The van der Waals surface area contributed by atoms with Gasteiger partial charge in [-0.2, -0.15) is 0 Å². The summed E-state index contributed by atoms with van der Waals surface area (Å²) in [6.07, 6.45) is 1.09. The molecule has 0 saturated heterocycles. The smallest absolute Gasteiger partial charge is 0.0667 e. The molecule has 0 bridgehead atoms. The van der Waals surface area contributed by atoms with Crippen molar-refractivity contribution in [1.29, 1.82) is 0 Å². The molecule has 0 aliphatic rings. The molecule has 0 aromatic heterocycles. The van der Waals surface area contributed by atoms with Crippen LogP contribution in [0, 0.1) is 0 Å². The van der Waals surface area contributed by atoms with E-state index in [0.717, 1.165) is 0 Å². The molecule has 62 valence electrons. The summed E-state index contributed by atoms with van der Waals surface area (Å²) < 4.78 is 0. The summed E-state index contributed by atoms with van der Waals surface area (Å²) in [6.45, 7) is 0.852. The average Bonchev–Trinajstić information content (AvgIpc) is 1.82. The second-order valence-corrected chi connectivity index (χ2v) is 2.78. The molecule has 1 atom stereocenters. The quantitative estimate of drug-likeness (QED) is 0.560. The van der Waals surface area contributed by atoms with Gasteiger partial charge in [-0.3, -0.25) is 0 Å². The zero-order chi connectivity index (χ0) is 7.98. The lowest BCUT2D eigenvalue weighted by molar-refractivity contribution is 0.118. The van der Waals surface area contributed by atoms with E-state index in [4.69, 9.17) is 5.11 Å². The first-order chi connectivity index (χ1) is 4.66. The molecule has 0 heterocycles. The highest BCUT2D eigenvalue weighted by atomic mass is 16.3. The maximum atomic E-state index is 9.20.